The number of benzene rings is 1. The molecule has 1 aromatic carbocycles. The molecule has 0 spiro atoms. The van der Waals surface area contributed by atoms with Crippen LogP contribution in [0, 0.1) is 17.8 Å². The van der Waals surface area contributed by atoms with Gasteiger partial charge in [-0.05, 0) is 66.7 Å². The molecular formula is C25H35N3O4S. The molecule has 0 N–H and O–H groups in total. The van der Waals surface area contributed by atoms with E-state index in [0.29, 0.717) is 35.9 Å². The lowest BCUT2D eigenvalue weighted by atomic mass is 9.90. The summed E-state index contributed by atoms with van der Waals surface area (Å²) in [5, 5.41) is 0. The molecule has 1 aliphatic carbocycles. The van der Waals surface area contributed by atoms with Gasteiger partial charge in [-0.1, -0.05) is 19.1 Å². The van der Waals surface area contributed by atoms with Gasteiger partial charge in [0.2, 0.25) is 5.95 Å². The lowest BCUT2D eigenvalue weighted by molar-refractivity contribution is -0.0280. The smallest absolute Gasteiger partial charge is 0.225 e. The molecule has 2 unspecified atom stereocenters. The van der Waals surface area contributed by atoms with Gasteiger partial charge in [0.05, 0.1) is 24.2 Å². The van der Waals surface area contributed by atoms with Crippen molar-refractivity contribution in [1.82, 2.24) is 9.97 Å². The number of hydrogen-bond acceptors (Lipinski definition) is 7. The topological polar surface area (TPSA) is 81.6 Å². The number of anilines is 1. The standard InChI is InChI=1S/C25H35N3O4S/c1-4-18-14-26-25(27-15-18)28-11-9-20(10-12-28)22-13-23(22)24(17-31-2)32-16-19-5-7-21(8-6-19)33(3,29)30/h5-8,14-15,20,22-24H,4,9-13,16-17H2,1-3H3/t22?,23?,24-/m1/s1. The van der Waals surface area contributed by atoms with Gasteiger partial charge < -0.3 is 14.4 Å². The lowest BCUT2D eigenvalue weighted by Gasteiger charge is -2.32. The van der Waals surface area contributed by atoms with Crippen LogP contribution in [-0.4, -0.2) is 57.6 Å². The van der Waals surface area contributed by atoms with Crippen LogP contribution >= 0.6 is 0 Å². The van der Waals surface area contributed by atoms with Crippen molar-refractivity contribution in [2.45, 2.75) is 50.2 Å². The van der Waals surface area contributed by atoms with Gasteiger partial charge in [0.1, 0.15) is 0 Å². The third-order valence-corrected chi connectivity index (χ3v) is 8.17. The summed E-state index contributed by atoms with van der Waals surface area (Å²) >= 11 is 0. The Morgan fingerprint density at radius 1 is 1.09 bits per heavy atom. The molecule has 0 bridgehead atoms. The second-order valence-corrected chi connectivity index (χ2v) is 11.4. The normalized spacial score (nSPS) is 22.3. The second-order valence-electron chi connectivity index (χ2n) is 9.35. The number of rotatable bonds is 10. The van der Waals surface area contributed by atoms with E-state index in [0.717, 1.165) is 43.9 Å². The van der Waals surface area contributed by atoms with Crippen LogP contribution < -0.4 is 4.90 Å². The van der Waals surface area contributed by atoms with Crippen LogP contribution in [0.4, 0.5) is 5.95 Å². The van der Waals surface area contributed by atoms with Gasteiger partial charge in [-0.25, -0.2) is 18.4 Å². The van der Waals surface area contributed by atoms with Crippen LogP contribution in [-0.2, 0) is 32.3 Å². The van der Waals surface area contributed by atoms with Crippen LogP contribution in [0.3, 0.4) is 0 Å². The second kappa shape index (κ2) is 10.5. The quantitative estimate of drug-likeness (QED) is 0.522. The summed E-state index contributed by atoms with van der Waals surface area (Å²) in [6.45, 7) is 5.17. The Labute approximate surface area is 197 Å². The zero-order valence-electron chi connectivity index (χ0n) is 19.8. The number of aromatic nitrogens is 2. The molecule has 1 saturated carbocycles. The van der Waals surface area contributed by atoms with Gasteiger partial charge in [-0.2, -0.15) is 0 Å². The summed E-state index contributed by atoms with van der Waals surface area (Å²) in [5.41, 5.74) is 2.15. The maximum atomic E-state index is 11.6. The van der Waals surface area contributed by atoms with Gasteiger partial charge >= 0.3 is 0 Å². The molecule has 2 fully saturated rings. The number of methoxy groups -OCH3 is 1. The first-order valence-electron chi connectivity index (χ1n) is 11.8. The van der Waals surface area contributed by atoms with Crippen molar-refractivity contribution in [3.05, 3.63) is 47.8 Å². The summed E-state index contributed by atoms with van der Waals surface area (Å²) in [7, 11) is -1.46. The van der Waals surface area contributed by atoms with Crippen molar-refractivity contribution in [2.75, 3.05) is 38.0 Å². The zero-order chi connectivity index (χ0) is 23.4. The summed E-state index contributed by atoms with van der Waals surface area (Å²) in [6.07, 6.45) is 9.63. The molecule has 1 saturated heterocycles. The molecule has 180 valence electrons. The van der Waals surface area contributed by atoms with E-state index in [4.69, 9.17) is 9.47 Å². The third kappa shape index (κ3) is 6.11. The highest BCUT2D eigenvalue weighted by Gasteiger charge is 2.48. The number of sulfone groups is 1. The highest BCUT2D eigenvalue weighted by Crippen LogP contribution is 2.50. The number of hydrogen-bond donors (Lipinski definition) is 0. The first-order chi connectivity index (χ1) is 15.9. The molecule has 1 aliphatic heterocycles. The van der Waals surface area contributed by atoms with Crippen molar-refractivity contribution in [3.8, 4) is 0 Å². The molecule has 0 amide bonds. The van der Waals surface area contributed by atoms with E-state index < -0.39 is 9.84 Å². The molecule has 2 aromatic rings. The van der Waals surface area contributed by atoms with Crippen LogP contribution in [0.15, 0.2) is 41.6 Å². The number of piperidine rings is 1. The predicted molar refractivity (Wildman–Crippen MR) is 128 cm³/mol. The minimum Gasteiger partial charge on any atom is -0.382 e. The molecule has 3 atom stereocenters. The van der Waals surface area contributed by atoms with E-state index in [9.17, 15) is 8.42 Å². The van der Waals surface area contributed by atoms with Gasteiger partial charge in [-0.3, -0.25) is 0 Å². The summed E-state index contributed by atoms with van der Waals surface area (Å²) in [6, 6.07) is 6.95. The van der Waals surface area contributed by atoms with Crippen LogP contribution in [0.2, 0.25) is 0 Å². The van der Waals surface area contributed by atoms with Crippen molar-refractivity contribution in [2.24, 2.45) is 17.8 Å². The molecule has 0 radical (unpaired) electrons. The van der Waals surface area contributed by atoms with E-state index in [2.05, 4.69) is 21.8 Å². The number of nitrogens with zero attached hydrogens (tertiary/aromatic N) is 3. The minimum atomic E-state index is -3.18. The van der Waals surface area contributed by atoms with E-state index >= 15 is 0 Å². The Bertz CT molecular complexity index is 1000. The average molecular weight is 474 g/mol. The molecule has 7 nitrogen and oxygen atoms in total. The summed E-state index contributed by atoms with van der Waals surface area (Å²) in [5.74, 6) is 2.76. The first-order valence-corrected chi connectivity index (χ1v) is 13.7. The molecule has 33 heavy (non-hydrogen) atoms. The van der Waals surface area contributed by atoms with Gasteiger partial charge in [0, 0.05) is 38.8 Å². The summed E-state index contributed by atoms with van der Waals surface area (Å²) < 4.78 is 35.0. The monoisotopic (exact) mass is 473 g/mol. The van der Waals surface area contributed by atoms with Crippen LogP contribution in [0.1, 0.15) is 37.3 Å². The Kier molecular flexibility index (Phi) is 7.66. The average Bonchev–Trinajstić information content (AvgIpc) is 3.62. The Morgan fingerprint density at radius 2 is 1.76 bits per heavy atom. The molecule has 4 rings (SSSR count). The lowest BCUT2D eigenvalue weighted by Crippen LogP contribution is -2.36. The van der Waals surface area contributed by atoms with Crippen molar-refractivity contribution < 1.29 is 17.9 Å². The van der Waals surface area contributed by atoms with Gasteiger partial charge in [0.15, 0.2) is 9.84 Å². The Balaban J connectivity index is 1.27. The SMILES string of the molecule is CCc1cnc(N2CCC(C3CC3[C@@H](COC)OCc3ccc(S(C)(=O)=O)cc3)CC2)nc1. The summed E-state index contributed by atoms with van der Waals surface area (Å²) in [4.78, 5) is 11.7. The van der Waals surface area contributed by atoms with Gasteiger partial charge in [0.25, 0.3) is 0 Å². The highest BCUT2D eigenvalue weighted by molar-refractivity contribution is 7.90. The molecular weight excluding hydrogens is 438 g/mol. The largest absolute Gasteiger partial charge is 0.382 e. The third-order valence-electron chi connectivity index (χ3n) is 7.04. The van der Waals surface area contributed by atoms with Crippen LogP contribution in [0.25, 0.3) is 0 Å². The maximum Gasteiger partial charge on any atom is 0.225 e. The Hall–Kier alpha value is -2.03. The Morgan fingerprint density at radius 3 is 2.33 bits per heavy atom. The fourth-order valence-electron chi connectivity index (χ4n) is 4.92. The fraction of sp³-hybridized carbons (Fsp3) is 0.600. The van der Waals surface area contributed by atoms with E-state index in [-0.39, 0.29) is 6.10 Å². The van der Waals surface area contributed by atoms with Crippen molar-refractivity contribution >= 4 is 15.8 Å². The molecule has 8 heteroatoms. The molecule has 2 heterocycles. The maximum absolute atomic E-state index is 11.6. The fourth-order valence-corrected chi connectivity index (χ4v) is 5.55. The van der Waals surface area contributed by atoms with Crippen LogP contribution in [0.5, 0.6) is 0 Å². The van der Waals surface area contributed by atoms with Gasteiger partial charge in [-0.15, -0.1) is 0 Å². The van der Waals surface area contributed by atoms with Crippen molar-refractivity contribution in [3.63, 3.8) is 0 Å². The first kappa shape index (κ1) is 24.1. The minimum absolute atomic E-state index is 0.0672. The van der Waals surface area contributed by atoms with E-state index in [1.165, 1.54) is 18.2 Å². The highest BCUT2D eigenvalue weighted by atomic mass is 32.2. The van der Waals surface area contributed by atoms with E-state index in [1.807, 2.05) is 24.5 Å². The predicted octanol–water partition coefficient (Wildman–Crippen LogP) is 3.53. The number of ether oxygens (including phenoxy) is 2. The molecule has 1 aromatic heterocycles. The number of aryl methyl sites for hydroxylation is 1. The zero-order valence-corrected chi connectivity index (χ0v) is 20.6. The van der Waals surface area contributed by atoms with E-state index in [1.54, 1.807) is 19.2 Å². The molecule has 2 aliphatic rings. The van der Waals surface area contributed by atoms with Crippen molar-refractivity contribution in [1.29, 1.82) is 0 Å².